The van der Waals surface area contributed by atoms with Gasteiger partial charge in [0.1, 0.15) is 26.3 Å². The Kier molecular flexibility index (Phi) is 12.2. The third kappa shape index (κ3) is 19.0. The minimum Gasteiger partial charge on any atom is -0.329 e. The van der Waals surface area contributed by atoms with Crippen LogP contribution in [-0.2, 0) is 27.2 Å². The van der Waals surface area contributed by atoms with Crippen molar-refractivity contribution in [1.82, 2.24) is 0 Å². The molecule has 0 aromatic heterocycles. The molecule has 0 fully saturated rings. The molecule has 2 unspecified atom stereocenters. The van der Waals surface area contributed by atoms with E-state index in [9.17, 15) is 18.9 Å². The molecule has 12 heteroatoms. The maximum Gasteiger partial charge on any atom is 0.472 e. The van der Waals surface area contributed by atoms with Crippen LogP contribution in [0.25, 0.3) is 0 Å². The van der Waals surface area contributed by atoms with Gasteiger partial charge in [0.05, 0.1) is 55.5 Å². The van der Waals surface area contributed by atoms with Gasteiger partial charge in [-0.15, -0.1) is 0 Å². The molecule has 0 amide bonds. The van der Waals surface area contributed by atoms with Crippen LogP contribution < -0.4 is 0 Å². The van der Waals surface area contributed by atoms with Crippen LogP contribution >= 0.6 is 15.6 Å². The Morgan fingerprint density at radius 1 is 0.679 bits per heavy atom. The summed E-state index contributed by atoms with van der Waals surface area (Å²) in [5.41, 5.74) is 0. The van der Waals surface area contributed by atoms with Gasteiger partial charge in [-0.1, -0.05) is 24.3 Å². The number of rotatable bonds is 15. The van der Waals surface area contributed by atoms with E-state index in [2.05, 4.69) is 0 Å². The average molecular weight is 446 g/mol. The molecule has 0 bridgehead atoms. The first-order chi connectivity index (χ1) is 12.6. The molecule has 0 aliphatic carbocycles. The summed E-state index contributed by atoms with van der Waals surface area (Å²) >= 11 is 0. The van der Waals surface area contributed by atoms with Crippen LogP contribution in [0.3, 0.4) is 0 Å². The fourth-order valence-corrected chi connectivity index (χ4v) is 2.80. The summed E-state index contributed by atoms with van der Waals surface area (Å²) in [6.07, 6.45) is 6.10. The van der Waals surface area contributed by atoms with Crippen LogP contribution in [0.1, 0.15) is 0 Å². The van der Waals surface area contributed by atoms with Crippen molar-refractivity contribution in [3.63, 3.8) is 0 Å². The zero-order chi connectivity index (χ0) is 21.9. The van der Waals surface area contributed by atoms with Crippen molar-refractivity contribution in [2.75, 3.05) is 81.8 Å². The van der Waals surface area contributed by atoms with Crippen molar-refractivity contribution in [3.05, 3.63) is 24.3 Å². The van der Waals surface area contributed by atoms with E-state index >= 15 is 0 Å². The molecule has 10 nitrogen and oxygen atoms in total. The third-order valence-electron chi connectivity index (χ3n) is 3.08. The summed E-state index contributed by atoms with van der Waals surface area (Å²) < 4.78 is 43.9. The van der Waals surface area contributed by atoms with E-state index in [1.54, 1.807) is 12.2 Å². The van der Waals surface area contributed by atoms with Crippen LogP contribution in [0.2, 0.25) is 0 Å². The van der Waals surface area contributed by atoms with Crippen LogP contribution in [-0.4, -0.2) is 101 Å². The largest absolute Gasteiger partial charge is 0.472 e. The lowest BCUT2D eigenvalue weighted by Gasteiger charge is -2.23. The highest BCUT2D eigenvalue weighted by molar-refractivity contribution is 7.47. The summed E-state index contributed by atoms with van der Waals surface area (Å²) in [6, 6.07) is 0. The van der Waals surface area contributed by atoms with Gasteiger partial charge in [0.15, 0.2) is 0 Å². The fraction of sp³-hybridized carbons (Fsp3) is 0.750. The van der Waals surface area contributed by atoms with Gasteiger partial charge >= 0.3 is 15.6 Å². The van der Waals surface area contributed by atoms with Gasteiger partial charge in [-0.3, -0.25) is 18.1 Å². The molecule has 0 saturated carbocycles. The van der Waals surface area contributed by atoms with E-state index in [-0.39, 0.29) is 26.4 Å². The Balaban J connectivity index is 3.99. The van der Waals surface area contributed by atoms with Crippen LogP contribution in [0.15, 0.2) is 24.3 Å². The minimum absolute atomic E-state index is 0.107. The van der Waals surface area contributed by atoms with Gasteiger partial charge in [-0.05, 0) is 0 Å². The van der Waals surface area contributed by atoms with Crippen LogP contribution in [0, 0.1) is 0 Å². The second-order valence-corrected chi connectivity index (χ2v) is 11.0. The van der Waals surface area contributed by atoms with E-state index in [0.717, 1.165) is 0 Å². The SMILES string of the molecule is C[N+](C)(C)CCOP(=O)(O)OCC=CC=CCOP(=O)(O)OCC[N+](C)(C)C. The van der Waals surface area contributed by atoms with Crippen molar-refractivity contribution < 1.29 is 46.0 Å². The Hall–Kier alpha value is -0.380. The van der Waals surface area contributed by atoms with Crippen molar-refractivity contribution in [1.29, 1.82) is 0 Å². The predicted octanol–water partition coefficient (Wildman–Crippen LogP) is 1.78. The number of hydrogen-bond acceptors (Lipinski definition) is 6. The number of phosphoric ester groups is 2. The molecule has 0 aliphatic rings. The number of likely N-dealkylation sites (N-methyl/N-ethyl adjacent to an activating group) is 2. The second kappa shape index (κ2) is 12.3. The lowest BCUT2D eigenvalue weighted by Crippen LogP contribution is -2.37. The summed E-state index contributed by atoms with van der Waals surface area (Å²) in [7, 11) is 3.49. The Morgan fingerprint density at radius 2 is 1.00 bits per heavy atom. The van der Waals surface area contributed by atoms with Gasteiger partial charge in [0.2, 0.25) is 0 Å². The van der Waals surface area contributed by atoms with Crippen molar-refractivity contribution in [2.24, 2.45) is 0 Å². The molecule has 0 aliphatic heterocycles. The lowest BCUT2D eigenvalue weighted by atomic mass is 10.4. The molecule has 0 radical (unpaired) electrons. The van der Waals surface area contributed by atoms with Gasteiger partial charge in [0, 0.05) is 0 Å². The fourth-order valence-electron chi connectivity index (χ4n) is 1.48. The molecule has 0 saturated heterocycles. The Labute approximate surface area is 168 Å². The topological polar surface area (TPSA) is 112 Å². The molecule has 166 valence electrons. The van der Waals surface area contributed by atoms with Crippen molar-refractivity contribution in [3.8, 4) is 0 Å². The highest BCUT2D eigenvalue weighted by Gasteiger charge is 2.22. The smallest absolute Gasteiger partial charge is 0.329 e. The second-order valence-electron chi connectivity index (χ2n) is 8.08. The first-order valence-electron chi connectivity index (χ1n) is 8.78. The van der Waals surface area contributed by atoms with Crippen LogP contribution in [0.4, 0.5) is 0 Å². The van der Waals surface area contributed by atoms with Crippen LogP contribution in [0.5, 0.6) is 0 Å². The number of allylic oxidation sites excluding steroid dienone is 2. The molecule has 2 atom stereocenters. The van der Waals surface area contributed by atoms with E-state index in [4.69, 9.17) is 18.1 Å². The summed E-state index contributed by atoms with van der Waals surface area (Å²) in [5.74, 6) is 0. The van der Waals surface area contributed by atoms with E-state index < -0.39 is 15.6 Å². The zero-order valence-corrected chi connectivity index (χ0v) is 19.5. The highest BCUT2D eigenvalue weighted by atomic mass is 31.2. The van der Waals surface area contributed by atoms with Crippen molar-refractivity contribution in [2.45, 2.75) is 0 Å². The minimum atomic E-state index is -4.08. The predicted molar refractivity (Wildman–Crippen MR) is 108 cm³/mol. The summed E-state index contributed by atoms with van der Waals surface area (Å²) in [6.45, 7) is 1.12. The number of quaternary nitrogens is 2. The van der Waals surface area contributed by atoms with E-state index in [1.165, 1.54) is 12.2 Å². The standard InChI is InChI=1S/C16H34N2O8P2/c1-17(2,3)11-15-25-27(19,20)23-13-9-7-8-10-14-24-28(21,22)26-16-12-18(4,5)6/h7-10H,11-16H2,1-6H3/p+2. The van der Waals surface area contributed by atoms with Gasteiger partial charge < -0.3 is 18.8 Å². The van der Waals surface area contributed by atoms with E-state index in [1.807, 2.05) is 42.3 Å². The Bertz CT molecular complexity index is 544. The van der Waals surface area contributed by atoms with Crippen molar-refractivity contribution >= 4 is 15.6 Å². The number of hydrogen-bond donors (Lipinski definition) is 2. The summed E-state index contributed by atoms with van der Waals surface area (Å²) in [4.78, 5) is 19.0. The number of phosphoric acid groups is 2. The molecule has 0 spiro atoms. The quantitative estimate of drug-likeness (QED) is 0.223. The van der Waals surface area contributed by atoms with Gasteiger partial charge in [-0.25, -0.2) is 9.13 Å². The molecule has 0 aromatic carbocycles. The molecular weight excluding hydrogens is 410 g/mol. The average Bonchev–Trinajstić information content (AvgIpc) is 2.46. The first-order valence-corrected chi connectivity index (χ1v) is 11.8. The molecule has 0 heterocycles. The molecule has 28 heavy (non-hydrogen) atoms. The normalized spacial score (nSPS) is 17.9. The third-order valence-corrected chi connectivity index (χ3v) is 5.05. The maximum atomic E-state index is 11.7. The van der Waals surface area contributed by atoms with Gasteiger partial charge in [-0.2, -0.15) is 0 Å². The molecular formula is C16H36N2O8P2+2. The van der Waals surface area contributed by atoms with E-state index in [0.29, 0.717) is 22.1 Å². The lowest BCUT2D eigenvalue weighted by molar-refractivity contribution is -0.870. The maximum absolute atomic E-state index is 11.7. The number of nitrogens with zero attached hydrogens (tertiary/aromatic N) is 2. The van der Waals surface area contributed by atoms with Gasteiger partial charge in [0.25, 0.3) is 0 Å². The molecule has 0 aromatic rings. The Morgan fingerprint density at radius 3 is 1.29 bits per heavy atom. The summed E-state index contributed by atoms with van der Waals surface area (Å²) in [5, 5.41) is 0. The molecule has 2 N–H and O–H groups in total. The monoisotopic (exact) mass is 446 g/mol. The first kappa shape index (κ1) is 27.6. The highest BCUT2D eigenvalue weighted by Crippen LogP contribution is 2.43. The molecule has 0 rings (SSSR count). The zero-order valence-electron chi connectivity index (χ0n) is 17.7.